The normalized spacial score (nSPS) is 10.8. The van der Waals surface area contributed by atoms with Gasteiger partial charge < -0.3 is 8.85 Å². The lowest BCUT2D eigenvalue weighted by molar-refractivity contribution is 0.219. The third-order valence-corrected chi connectivity index (χ3v) is 3.57. The van der Waals surface area contributed by atoms with Crippen LogP contribution in [0.1, 0.15) is 0 Å². The molecule has 2 nitrogen and oxygen atoms in total. The number of rotatable bonds is 7. The second-order valence-corrected chi connectivity index (χ2v) is 5.44. The van der Waals surface area contributed by atoms with Gasteiger partial charge in [0.15, 0.2) is 0 Å². The zero-order valence-corrected chi connectivity index (χ0v) is 8.58. The molecule has 0 heterocycles. The minimum atomic E-state index is -2.14. The molecule has 3 heteroatoms. The van der Waals surface area contributed by atoms with E-state index in [9.17, 15) is 0 Å². The highest BCUT2D eigenvalue weighted by Gasteiger charge is 2.26. The van der Waals surface area contributed by atoms with E-state index >= 15 is 0 Å². The van der Waals surface area contributed by atoms with Crippen LogP contribution in [-0.2, 0) is 8.85 Å². The van der Waals surface area contributed by atoms with E-state index in [-0.39, 0.29) is 0 Å². The van der Waals surface area contributed by atoms with Crippen molar-refractivity contribution in [3.05, 3.63) is 37.6 Å². The highest BCUT2D eigenvalue weighted by Crippen LogP contribution is 2.07. The molecular formula is C9H16O2Si. The van der Waals surface area contributed by atoms with Crippen molar-refractivity contribution >= 4 is 8.56 Å². The molecule has 0 aliphatic heterocycles. The highest BCUT2D eigenvalue weighted by atomic mass is 28.4. The van der Waals surface area contributed by atoms with Crippen molar-refractivity contribution in [2.75, 3.05) is 13.2 Å². The van der Waals surface area contributed by atoms with Crippen LogP contribution in [0.25, 0.3) is 0 Å². The van der Waals surface area contributed by atoms with Gasteiger partial charge in [0, 0.05) is 0 Å². The molecule has 0 saturated carbocycles. The topological polar surface area (TPSA) is 18.5 Å². The van der Waals surface area contributed by atoms with Crippen molar-refractivity contribution in [2.45, 2.75) is 6.55 Å². The zero-order valence-electron chi connectivity index (χ0n) is 7.58. The standard InChI is InChI=1S/C9H16O2Si/c1-5-8-10-12(4,7-3)11-9-6-2/h5-7H,1-3,8-9H2,4H3. The summed E-state index contributed by atoms with van der Waals surface area (Å²) in [5.74, 6) is 0. The van der Waals surface area contributed by atoms with Gasteiger partial charge in [-0.2, -0.15) is 0 Å². The molecule has 0 N–H and O–H groups in total. The molecule has 0 radical (unpaired) electrons. The van der Waals surface area contributed by atoms with Crippen molar-refractivity contribution < 1.29 is 8.85 Å². The van der Waals surface area contributed by atoms with Crippen molar-refractivity contribution in [3.63, 3.8) is 0 Å². The first kappa shape index (κ1) is 11.4. The Morgan fingerprint density at radius 1 is 1.08 bits per heavy atom. The van der Waals surface area contributed by atoms with Gasteiger partial charge in [0.25, 0.3) is 0 Å². The van der Waals surface area contributed by atoms with Crippen LogP contribution in [0.2, 0.25) is 6.55 Å². The summed E-state index contributed by atoms with van der Waals surface area (Å²) < 4.78 is 10.9. The maximum Gasteiger partial charge on any atom is 0.361 e. The van der Waals surface area contributed by atoms with Crippen molar-refractivity contribution in [2.24, 2.45) is 0 Å². The quantitative estimate of drug-likeness (QED) is 0.446. The Kier molecular flexibility index (Phi) is 5.62. The molecule has 12 heavy (non-hydrogen) atoms. The fourth-order valence-electron chi connectivity index (χ4n) is 0.608. The Bertz CT molecular complexity index is 154. The number of hydrogen-bond acceptors (Lipinski definition) is 2. The van der Waals surface area contributed by atoms with Crippen LogP contribution in [0.15, 0.2) is 37.6 Å². The maximum atomic E-state index is 5.46. The lowest BCUT2D eigenvalue weighted by Crippen LogP contribution is -2.36. The number of hydrogen-bond donors (Lipinski definition) is 0. The first-order valence-corrected chi connectivity index (χ1v) is 6.21. The second kappa shape index (κ2) is 5.94. The van der Waals surface area contributed by atoms with Gasteiger partial charge in [0.1, 0.15) is 0 Å². The lowest BCUT2D eigenvalue weighted by atomic mass is 10.7. The summed E-state index contributed by atoms with van der Waals surface area (Å²) in [6.45, 7) is 13.8. The van der Waals surface area contributed by atoms with E-state index in [2.05, 4.69) is 19.7 Å². The predicted molar refractivity (Wildman–Crippen MR) is 54.1 cm³/mol. The highest BCUT2D eigenvalue weighted by molar-refractivity contribution is 6.71. The smallest absolute Gasteiger partial charge is 0.361 e. The minimum absolute atomic E-state index is 0.506. The Morgan fingerprint density at radius 2 is 1.50 bits per heavy atom. The molecule has 0 aliphatic rings. The fraction of sp³-hybridized carbons (Fsp3) is 0.333. The molecule has 0 aromatic rings. The van der Waals surface area contributed by atoms with E-state index in [1.54, 1.807) is 17.9 Å². The summed E-state index contributed by atoms with van der Waals surface area (Å²) in [4.78, 5) is 0. The Morgan fingerprint density at radius 3 is 1.75 bits per heavy atom. The van der Waals surface area contributed by atoms with Crippen LogP contribution >= 0.6 is 0 Å². The maximum absolute atomic E-state index is 5.46. The van der Waals surface area contributed by atoms with Crippen LogP contribution < -0.4 is 0 Å². The molecule has 0 atom stereocenters. The lowest BCUT2D eigenvalue weighted by Gasteiger charge is -2.21. The summed E-state index contributed by atoms with van der Waals surface area (Å²) in [5.41, 5.74) is 1.75. The first-order chi connectivity index (χ1) is 5.68. The average molecular weight is 184 g/mol. The summed E-state index contributed by atoms with van der Waals surface area (Å²) in [6.07, 6.45) is 3.40. The largest absolute Gasteiger partial charge is 0.388 e. The second-order valence-electron chi connectivity index (χ2n) is 2.42. The van der Waals surface area contributed by atoms with E-state index in [1.165, 1.54) is 0 Å². The van der Waals surface area contributed by atoms with E-state index < -0.39 is 8.56 Å². The first-order valence-electron chi connectivity index (χ1n) is 3.82. The van der Waals surface area contributed by atoms with Crippen LogP contribution in [0.3, 0.4) is 0 Å². The van der Waals surface area contributed by atoms with Crippen molar-refractivity contribution in [3.8, 4) is 0 Å². The molecule has 0 aromatic carbocycles. The molecule has 0 aromatic heterocycles. The van der Waals surface area contributed by atoms with Crippen LogP contribution in [0, 0.1) is 0 Å². The molecule has 0 spiro atoms. The van der Waals surface area contributed by atoms with E-state index in [4.69, 9.17) is 8.85 Å². The molecule has 0 aliphatic carbocycles. The Hall–Kier alpha value is -0.643. The summed E-state index contributed by atoms with van der Waals surface area (Å²) in [5, 5.41) is 0. The van der Waals surface area contributed by atoms with Crippen molar-refractivity contribution in [1.82, 2.24) is 0 Å². The third kappa shape index (κ3) is 4.28. The molecule has 0 amide bonds. The summed E-state index contributed by atoms with van der Waals surface area (Å²) in [7, 11) is -2.14. The van der Waals surface area contributed by atoms with Gasteiger partial charge in [-0.1, -0.05) is 12.2 Å². The van der Waals surface area contributed by atoms with Crippen LogP contribution in [0.5, 0.6) is 0 Å². The van der Waals surface area contributed by atoms with Gasteiger partial charge in [-0.05, 0) is 12.2 Å². The third-order valence-electron chi connectivity index (χ3n) is 1.35. The molecule has 68 valence electrons. The van der Waals surface area contributed by atoms with Gasteiger partial charge in [0.2, 0.25) is 0 Å². The van der Waals surface area contributed by atoms with Crippen LogP contribution in [0.4, 0.5) is 0 Å². The average Bonchev–Trinajstić information content (AvgIpc) is 2.11. The summed E-state index contributed by atoms with van der Waals surface area (Å²) >= 11 is 0. The summed E-state index contributed by atoms with van der Waals surface area (Å²) in [6, 6.07) is 0. The molecule has 0 unspecified atom stereocenters. The SMILES string of the molecule is C=CCO[Si](C)(C=C)OCC=C. The molecular weight excluding hydrogens is 168 g/mol. The van der Waals surface area contributed by atoms with E-state index in [0.717, 1.165) is 0 Å². The van der Waals surface area contributed by atoms with Gasteiger partial charge in [-0.3, -0.25) is 0 Å². The Labute approximate surface area is 75.4 Å². The molecule has 0 saturated heterocycles. The Balaban J connectivity index is 3.93. The van der Waals surface area contributed by atoms with Gasteiger partial charge in [-0.15, -0.1) is 19.7 Å². The van der Waals surface area contributed by atoms with Gasteiger partial charge >= 0.3 is 8.56 Å². The molecule has 0 rings (SSSR count). The van der Waals surface area contributed by atoms with E-state index in [1.807, 2.05) is 6.55 Å². The minimum Gasteiger partial charge on any atom is -0.388 e. The van der Waals surface area contributed by atoms with Crippen LogP contribution in [-0.4, -0.2) is 21.8 Å². The van der Waals surface area contributed by atoms with E-state index in [0.29, 0.717) is 13.2 Å². The fourth-order valence-corrected chi connectivity index (χ4v) is 1.82. The van der Waals surface area contributed by atoms with Gasteiger partial charge in [0.05, 0.1) is 13.2 Å². The molecule has 0 bridgehead atoms. The monoisotopic (exact) mass is 184 g/mol. The zero-order chi connectivity index (χ0) is 9.45. The molecule has 0 fully saturated rings. The van der Waals surface area contributed by atoms with Crippen molar-refractivity contribution in [1.29, 1.82) is 0 Å². The predicted octanol–water partition coefficient (Wildman–Crippen LogP) is 2.19. The van der Waals surface area contributed by atoms with Gasteiger partial charge in [-0.25, -0.2) is 0 Å².